The van der Waals surface area contributed by atoms with E-state index in [2.05, 4.69) is 17.1 Å². The largest absolute Gasteiger partial charge is 0.464 e. The van der Waals surface area contributed by atoms with Crippen LogP contribution >= 0.6 is 11.6 Å². The standard InChI is InChI=1S/C42H59ClF3N7O6/c1-28(9-10-37(54)58-24-23-49(2)3)11-17-50(4)31-13-18-51(19-14-31)39(55)36(27-29-25-33(42(44,45)46)38(47)34(43)26-29)59-41(57)52-20-15-32(16-21-52)53-22-12-30-7-5-6-8-35(30)48-40(53)56/h5-8,25-26,28,31-32,36H,9-24,27,47H2,1-4H3,(H,48,56)/t28?,36-/m1/s1. The molecule has 0 aliphatic carbocycles. The van der Waals surface area contributed by atoms with Crippen molar-refractivity contribution in [3.8, 4) is 0 Å². The number of nitrogens with one attached hydrogen (secondary N) is 1. The van der Waals surface area contributed by atoms with Crippen molar-refractivity contribution in [1.82, 2.24) is 24.5 Å². The Bertz CT molecular complexity index is 1770. The van der Waals surface area contributed by atoms with Gasteiger partial charge in [-0.3, -0.25) is 9.59 Å². The van der Waals surface area contributed by atoms with Gasteiger partial charge in [0.05, 0.1) is 16.3 Å². The lowest BCUT2D eigenvalue weighted by molar-refractivity contribution is -0.144. The van der Waals surface area contributed by atoms with E-state index < -0.39 is 35.5 Å². The summed E-state index contributed by atoms with van der Waals surface area (Å²) in [4.78, 5) is 62.2. The van der Waals surface area contributed by atoms with Crippen LogP contribution in [0.15, 0.2) is 36.4 Å². The number of hydrogen-bond acceptors (Lipinski definition) is 9. The van der Waals surface area contributed by atoms with Gasteiger partial charge in [-0.05, 0) is 108 Å². The number of benzene rings is 2. The summed E-state index contributed by atoms with van der Waals surface area (Å²) in [6, 6.07) is 9.66. The molecule has 2 fully saturated rings. The zero-order valence-corrected chi connectivity index (χ0v) is 35.3. The summed E-state index contributed by atoms with van der Waals surface area (Å²) in [5.41, 5.74) is 5.83. The number of likely N-dealkylation sites (tertiary alicyclic amines) is 2. The number of nitrogens with zero attached hydrogens (tertiary/aromatic N) is 5. The Morgan fingerprint density at radius 1 is 0.966 bits per heavy atom. The van der Waals surface area contributed by atoms with E-state index in [1.54, 1.807) is 9.80 Å². The van der Waals surface area contributed by atoms with Crippen LogP contribution in [0.2, 0.25) is 5.02 Å². The smallest absolute Gasteiger partial charge is 0.418 e. The van der Waals surface area contributed by atoms with Crippen LogP contribution in [-0.2, 0) is 38.1 Å². The van der Waals surface area contributed by atoms with Crippen molar-refractivity contribution in [3.63, 3.8) is 0 Å². The Balaban J connectivity index is 1.17. The van der Waals surface area contributed by atoms with Crippen LogP contribution in [0.25, 0.3) is 0 Å². The first kappa shape index (κ1) is 45.8. The third-order valence-corrected chi connectivity index (χ3v) is 12.1. The number of para-hydroxylation sites is 1. The van der Waals surface area contributed by atoms with Crippen LogP contribution in [0.5, 0.6) is 0 Å². The molecule has 2 aromatic rings. The maximum absolute atomic E-state index is 14.1. The van der Waals surface area contributed by atoms with Gasteiger partial charge < -0.3 is 45.0 Å². The number of halogens is 4. The fourth-order valence-corrected chi connectivity index (χ4v) is 8.22. The second kappa shape index (κ2) is 20.8. The van der Waals surface area contributed by atoms with E-state index in [9.17, 15) is 32.3 Å². The third kappa shape index (κ3) is 12.9. The number of amides is 4. The monoisotopic (exact) mass is 849 g/mol. The van der Waals surface area contributed by atoms with E-state index in [1.165, 1.54) is 11.0 Å². The van der Waals surface area contributed by atoms with E-state index in [1.807, 2.05) is 50.3 Å². The maximum Gasteiger partial charge on any atom is 0.418 e. The molecule has 5 rings (SSSR count). The number of carbonyl (C=O) groups is 4. The number of likely N-dealkylation sites (N-methyl/N-ethyl adjacent to an activating group) is 1. The van der Waals surface area contributed by atoms with E-state index in [4.69, 9.17) is 26.8 Å². The fourth-order valence-electron chi connectivity index (χ4n) is 7.97. The summed E-state index contributed by atoms with van der Waals surface area (Å²) < 4.78 is 52.9. The van der Waals surface area contributed by atoms with Gasteiger partial charge in [-0.1, -0.05) is 36.7 Å². The molecule has 4 amide bonds. The molecule has 3 N–H and O–H groups in total. The second-order valence-corrected chi connectivity index (χ2v) is 16.8. The van der Waals surface area contributed by atoms with E-state index in [0.29, 0.717) is 77.2 Å². The lowest BCUT2D eigenvalue weighted by Gasteiger charge is -2.39. The predicted molar refractivity (Wildman–Crippen MR) is 220 cm³/mol. The molecular weight excluding hydrogens is 791 g/mol. The average Bonchev–Trinajstić information content (AvgIpc) is 3.37. The lowest BCUT2D eigenvalue weighted by Crippen LogP contribution is -2.52. The van der Waals surface area contributed by atoms with Crippen molar-refractivity contribution in [2.24, 2.45) is 5.92 Å². The number of alkyl halides is 3. The number of hydrogen-bond donors (Lipinski definition) is 2. The molecule has 2 saturated heterocycles. The molecule has 17 heteroatoms. The predicted octanol–water partition coefficient (Wildman–Crippen LogP) is 6.38. The molecule has 0 bridgehead atoms. The zero-order chi connectivity index (χ0) is 42.9. The van der Waals surface area contributed by atoms with Gasteiger partial charge in [0.25, 0.3) is 5.91 Å². The highest BCUT2D eigenvalue weighted by Gasteiger charge is 2.38. The second-order valence-electron chi connectivity index (χ2n) is 16.4. The maximum atomic E-state index is 14.1. The number of ether oxygens (including phenoxy) is 2. The number of piperidine rings is 2. The minimum absolute atomic E-state index is 0.0557. The van der Waals surface area contributed by atoms with Crippen LogP contribution in [0, 0.1) is 5.92 Å². The Kier molecular flexibility index (Phi) is 16.1. The minimum atomic E-state index is -4.79. The van der Waals surface area contributed by atoms with Crippen molar-refractivity contribution in [2.75, 3.05) is 84.6 Å². The minimum Gasteiger partial charge on any atom is -0.464 e. The summed E-state index contributed by atoms with van der Waals surface area (Å²) in [5.74, 6) is -0.376. The molecule has 2 aromatic carbocycles. The van der Waals surface area contributed by atoms with Crippen molar-refractivity contribution >= 4 is 47.0 Å². The molecule has 3 aliphatic heterocycles. The first-order valence-electron chi connectivity index (χ1n) is 20.6. The number of urea groups is 1. The van der Waals surface area contributed by atoms with Gasteiger partial charge in [-0.2, -0.15) is 13.2 Å². The van der Waals surface area contributed by atoms with Gasteiger partial charge in [-0.15, -0.1) is 0 Å². The van der Waals surface area contributed by atoms with Crippen LogP contribution in [-0.4, -0.2) is 140 Å². The Hall–Kier alpha value is -4.28. The zero-order valence-electron chi connectivity index (χ0n) is 34.6. The van der Waals surface area contributed by atoms with Gasteiger partial charge >= 0.3 is 24.3 Å². The van der Waals surface area contributed by atoms with Crippen LogP contribution in [0.4, 0.5) is 34.1 Å². The summed E-state index contributed by atoms with van der Waals surface area (Å²) >= 11 is 6.14. The molecule has 326 valence electrons. The van der Waals surface area contributed by atoms with E-state index in [0.717, 1.165) is 36.7 Å². The Morgan fingerprint density at radius 3 is 2.32 bits per heavy atom. The Morgan fingerprint density at radius 2 is 1.64 bits per heavy atom. The average molecular weight is 850 g/mol. The first-order valence-corrected chi connectivity index (χ1v) is 20.9. The normalized spacial score (nSPS) is 18.0. The van der Waals surface area contributed by atoms with Crippen LogP contribution in [0.3, 0.4) is 0 Å². The van der Waals surface area contributed by atoms with Crippen molar-refractivity contribution in [1.29, 1.82) is 0 Å². The summed E-state index contributed by atoms with van der Waals surface area (Å²) in [5, 5.41) is 2.67. The SMILES string of the molecule is CC(CCC(=O)OCCN(C)C)CCN(C)C1CCN(C(=O)[C@@H](Cc2cc(Cl)c(N)c(C(F)(F)F)c2)OC(=O)N2CCC(N3CCc4ccccc4NC3=O)CC2)CC1. The van der Waals surface area contributed by atoms with Crippen molar-refractivity contribution < 1.29 is 41.8 Å². The van der Waals surface area contributed by atoms with Gasteiger partial charge in [0.2, 0.25) is 0 Å². The molecule has 2 atom stereocenters. The topological polar surface area (TPSA) is 141 Å². The molecule has 3 aliphatic rings. The summed E-state index contributed by atoms with van der Waals surface area (Å²) in [6.45, 7) is 5.79. The summed E-state index contributed by atoms with van der Waals surface area (Å²) in [7, 11) is 5.89. The molecule has 3 heterocycles. The number of nitrogen functional groups attached to an aromatic ring is 1. The molecule has 0 aromatic heterocycles. The molecule has 13 nitrogen and oxygen atoms in total. The van der Waals surface area contributed by atoms with Gasteiger partial charge in [0.1, 0.15) is 6.61 Å². The van der Waals surface area contributed by atoms with Gasteiger partial charge in [0.15, 0.2) is 6.10 Å². The first-order chi connectivity index (χ1) is 28.0. The number of esters is 1. The highest BCUT2D eigenvalue weighted by atomic mass is 35.5. The van der Waals surface area contributed by atoms with Crippen LogP contribution in [0.1, 0.15) is 68.6 Å². The highest BCUT2D eigenvalue weighted by molar-refractivity contribution is 6.33. The summed E-state index contributed by atoms with van der Waals surface area (Å²) in [6.07, 6.45) is -2.32. The van der Waals surface area contributed by atoms with E-state index in [-0.39, 0.29) is 54.2 Å². The molecule has 0 saturated carbocycles. The quantitative estimate of drug-likeness (QED) is 0.154. The number of anilines is 2. The van der Waals surface area contributed by atoms with Crippen molar-refractivity contribution in [3.05, 3.63) is 58.1 Å². The number of rotatable bonds is 15. The highest BCUT2D eigenvalue weighted by Crippen LogP contribution is 2.38. The molecule has 0 radical (unpaired) electrons. The number of fused-ring (bicyclic) bond motifs is 1. The fraction of sp³-hybridized carbons (Fsp3) is 0.619. The molecule has 0 spiro atoms. The number of carbonyl (C=O) groups excluding carboxylic acids is 4. The molecule has 59 heavy (non-hydrogen) atoms. The molecular formula is C42H59ClF3N7O6. The van der Waals surface area contributed by atoms with Crippen molar-refractivity contribution in [2.45, 2.75) is 89.1 Å². The number of nitrogens with two attached hydrogens (primary N) is 1. The van der Waals surface area contributed by atoms with E-state index >= 15 is 0 Å². The van der Waals surface area contributed by atoms with Gasteiger partial charge in [-0.25, -0.2) is 9.59 Å². The Labute approximate surface area is 350 Å². The third-order valence-electron chi connectivity index (χ3n) is 11.8. The molecule has 1 unspecified atom stereocenters. The lowest BCUT2D eigenvalue weighted by atomic mass is 9.98. The van der Waals surface area contributed by atoms with Crippen LogP contribution < -0.4 is 11.1 Å². The van der Waals surface area contributed by atoms with Gasteiger partial charge in [0, 0.05) is 69.9 Å².